The van der Waals surface area contributed by atoms with Crippen molar-refractivity contribution in [3.8, 4) is 17.2 Å². The molecule has 3 rings (SSSR count). The summed E-state index contributed by atoms with van der Waals surface area (Å²) in [5.41, 5.74) is 1.74. The first kappa shape index (κ1) is 18.5. The summed E-state index contributed by atoms with van der Waals surface area (Å²) in [7, 11) is 0. The smallest absolute Gasteiger partial charge is 0.224 e. The number of benzene rings is 3. The Labute approximate surface area is 157 Å². The van der Waals surface area contributed by atoms with Gasteiger partial charge in [0, 0.05) is 12.1 Å². The van der Waals surface area contributed by atoms with Crippen molar-refractivity contribution in [1.82, 2.24) is 0 Å². The molecule has 0 radical (unpaired) electrons. The van der Waals surface area contributed by atoms with E-state index in [2.05, 4.69) is 5.32 Å². The van der Waals surface area contributed by atoms with Crippen LogP contribution in [-0.4, -0.2) is 11.0 Å². The summed E-state index contributed by atoms with van der Waals surface area (Å²) in [5, 5.41) is 12.0. The zero-order chi connectivity index (χ0) is 19.1. The maximum Gasteiger partial charge on any atom is 0.224 e. The lowest BCUT2D eigenvalue weighted by Crippen LogP contribution is -2.11. The van der Waals surface area contributed by atoms with Crippen molar-refractivity contribution in [3.05, 3.63) is 84.2 Å². The predicted octanol–water partition coefficient (Wildman–Crippen LogP) is 5.29. The Bertz CT molecular complexity index is 892. The fourth-order valence-electron chi connectivity index (χ4n) is 2.60. The van der Waals surface area contributed by atoms with Crippen molar-refractivity contribution >= 4 is 11.6 Å². The van der Waals surface area contributed by atoms with E-state index >= 15 is 0 Å². The number of hydrogen-bond donors (Lipinski definition) is 2. The molecule has 5 heteroatoms. The van der Waals surface area contributed by atoms with Gasteiger partial charge in [-0.2, -0.15) is 0 Å². The Morgan fingerprint density at radius 2 is 1.67 bits per heavy atom. The highest BCUT2D eigenvalue weighted by Crippen LogP contribution is 2.24. The van der Waals surface area contributed by atoms with Gasteiger partial charge in [0.1, 0.15) is 11.5 Å². The average Bonchev–Trinajstić information content (AvgIpc) is 2.67. The highest BCUT2D eigenvalue weighted by Gasteiger charge is 2.05. The molecule has 0 unspecified atom stereocenters. The molecule has 4 nitrogen and oxygen atoms in total. The molecule has 0 bridgehead atoms. The van der Waals surface area contributed by atoms with Crippen LogP contribution in [0.5, 0.6) is 17.2 Å². The molecule has 0 fully saturated rings. The molecule has 0 atom stereocenters. The van der Waals surface area contributed by atoms with E-state index in [1.807, 2.05) is 12.1 Å². The number of amides is 1. The first-order chi connectivity index (χ1) is 13.1. The van der Waals surface area contributed by atoms with Crippen molar-refractivity contribution in [2.45, 2.75) is 19.3 Å². The summed E-state index contributed by atoms with van der Waals surface area (Å²) in [6, 6.07) is 20.0. The minimum absolute atomic E-state index is 0.0693. The normalized spacial score (nSPS) is 10.4. The maximum absolute atomic E-state index is 13.6. The number of carbonyl (C=O) groups is 1. The molecule has 0 aliphatic carbocycles. The molecule has 0 saturated carbocycles. The van der Waals surface area contributed by atoms with E-state index in [-0.39, 0.29) is 17.4 Å². The third-order valence-electron chi connectivity index (χ3n) is 4.01. The summed E-state index contributed by atoms with van der Waals surface area (Å²) >= 11 is 0. The summed E-state index contributed by atoms with van der Waals surface area (Å²) in [6.45, 7) is 0. The van der Waals surface area contributed by atoms with Crippen LogP contribution in [0.15, 0.2) is 72.8 Å². The Morgan fingerprint density at radius 1 is 0.963 bits per heavy atom. The lowest BCUT2D eigenvalue weighted by Gasteiger charge is -2.08. The van der Waals surface area contributed by atoms with Crippen LogP contribution in [0, 0.1) is 5.82 Å². The first-order valence-electron chi connectivity index (χ1n) is 8.70. The second-order valence-electron chi connectivity index (χ2n) is 6.13. The van der Waals surface area contributed by atoms with Crippen LogP contribution in [0.25, 0.3) is 0 Å². The monoisotopic (exact) mass is 365 g/mol. The highest BCUT2D eigenvalue weighted by molar-refractivity contribution is 5.90. The van der Waals surface area contributed by atoms with Gasteiger partial charge in [0.25, 0.3) is 0 Å². The number of aryl methyl sites for hydroxylation is 1. The largest absolute Gasteiger partial charge is 0.508 e. The summed E-state index contributed by atoms with van der Waals surface area (Å²) in [4.78, 5) is 11.9. The number of rotatable bonds is 7. The van der Waals surface area contributed by atoms with E-state index in [4.69, 9.17) is 4.74 Å². The van der Waals surface area contributed by atoms with E-state index in [9.17, 15) is 14.3 Å². The van der Waals surface area contributed by atoms with E-state index in [1.54, 1.807) is 42.5 Å². The first-order valence-corrected chi connectivity index (χ1v) is 8.70. The second kappa shape index (κ2) is 8.85. The Balaban J connectivity index is 1.45. The predicted molar refractivity (Wildman–Crippen MR) is 103 cm³/mol. The number of halogens is 1. The van der Waals surface area contributed by atoms with Crippen LogP contribution in [-0.2, 0) is 11.2 Å². The van der Waals surface area contributed by atoms with Crippen LogP contribution in [0.1, 0.15) is 18.4 Å². The molecule has 0 aliphatic rings. The van der Waals surface area contributed by atoms with Crippen molar-refractivity contribution in [2.75, 3.05) is 5.32 Å². The van der Waals surface area contributed by atoms with Crippen LogP contribution in [0.4, 0.5) is 10.1 Å². The number of ether oxygens (including phenoxy) is 1. The average molecular weight is 365 g/mol. The number of anilines is 1. The van der Waals surface area contributed by atoms with Gasteiger partial charge in [-0.05, 0) is 66.9 Å². The van der Waals surface area contributed by atoms with Crippen LogP contribution >= 0.6 is 0 Å². The number of hydrogen-bond acceptors (Lipinski definition) is 3. The molecule has 0 saturated heterocycles. The van der Waals surface area contributed by atoms with Gasteiger partial charge in [0.05, 0.1) is 0 Å². The van der Waals surface area contributed by atoms with Crippen molar-refractivity contribution in [2.24, 2.45) is 0 Å². The Kier molecular flexibility index (Phi) is 6.05. The van der Waals surface area contributed by atoms with Gasteiger partial charge in [-0.1, -0.05) is 24.3 Å². The van der Waals surface area contributed by atoms with Crippen LogP contribution < -0.4 is 10.1 Å². The second-order valence-corrected chi connectivity index (χ2v) is 6.13. The van der Waals surface area contributed by atoms with Gasteiger partial charge < -0.3 is 15.2 Å². The molecule has 3 aromatic carbocycles. The molecule has 27 heavy (non-hydrogen) atoms. The number of phenolic OH excluding ortho intramolecular Hbond substituents is 1. The minimum Gasteiger partial charge on any atom is -0.508 e. The molecular formula is C22H20FNO3. The van der Waals surface area contributed by atoms with E-state index in [0.717, 1.165) is 12.0 Å². The third-order valence-corrected chi connectivity index (χ3v) is 4.01. The highest BCUT2D eigenvalue weighted by atomic mass is 19.1. The Morgan fingerprint density at radius 3 is 2.37 bits per heavy atom. The van der Waals surface area contributed by atoms with Crippen molar-refractivity contribution in [1.29, 1.82) is 0 Å². The maximum atomic E-state index is 13.6. The van der Waals surface area contributed by atoms with Gasteiger partial charge in [0.2, 0.25) is 5.91 Å². The summed E-state index contributed by atoms with van der Waals surface area (Å²) in [5.74, 6) is 0.446. The standard InChI is InChI=1S/C22H20FNO3/c23-20-5-1-2-6-21(20)27-19-14-8-16(9-15-19)4-3-7-22(26)24-17-10-12-18(25)13-11-17/h1-2,5-6,8-15,25H,3-4,7H2,(H,24,26). The van der Waals surface area contributed by atoms with Crippen molar-refractivity contribution in [3.63, 3.8) is 0 Å². The molecule has 0 spiro atoms. The molecule has 0 heterocycles. The lowest BCUT2D eigenvalue weighted by molar-refractivity contribution is -0.116. The van der Waals surface area contributed by atoms with Gasteiger partial charge in [-0.15, -0.1) is 0 Å². The summed E-state index contributed by atoms with van der Waals surface area (Å²) in [6.07, 6.45) is 1.86. The molecule has 2 N–H and O–H groups in total. The van der Waals surface area contributed by atoms with E-state index in [0.29, 0.717) is 24.3 Å². The molecule has 0 aliphatic heterocycles. The van der Waals surface area contributed by atoms with E-state index < -0.39 is 5.82 Å². The fourth-order valence-corrected chi connectivity index (χ4v) is 2.60. The molecule has 138 valence electrons. The third kappa shape index (κ3) is 5.57. The van der Waals surface area contributed by atoms with Gasteiger partial charge in [-0.3, -0.25) is 4.79 Å². The van der Waals surface area contributed by atoms with Crippen molar-refractivity contribution < 1.29 is 19.0 Å². The van der Waals surface area contributed by atoms with E-state index in [1.165, 1.54) is 18.2 Å². The topological polar surface area (TPSA) is 58.6 Å². The molecule has 1 amide bonds. The van der Waals surface area contributed by atoms with Crippen LogP contribution in [0.2, 0.25) is 0 Å². The molecular weight excluding hydrogens is 345 g/mol. The SMILES string of the molecule is O=C(CCCc1ccc(Oc2ccccc2F)cc1)Nc1ccc(O)cc1. The fraction of sp³-hybridized carbons (Fsp3) is 0.136. The Hall–Kier alpha value is -3.34. The lowest BCUT2D eigenvalue weighted by atomic mass is 10.1. The molecule has 3 aromatic rings. The zero-order valence-corrected chi connectivity index (χ0v) is 14.7. The number of nitrogens with one attached hydrogen (secondary N) is 1. The quantitative estimate of drug-likeness (QED) is 0.560. The number of para-hydroxylation sites is 1. The number of carbonyl (C=O) groups excluding carboxylic acids is 1. The van der Waals surface area contributed by atoms with Gasteiger partial charge in [-0.25, -0.2) is 4.39 Å². The molecule has 0 aromatic heterocycles. The zero-order valence-electron chi connectivity index (χ0n) is 14.7. The van der Waals surface area contributed by atoms with Crippen LogP contribution in [0.3, 0.4) is 0 Å². The summed E-state index contributed by atoms with van der Waals surface area (Å²) < 4.78 is 19.1. The van der Waals surface area contributed by atoms with Gasteiger partial charge >= 0.3 is 0 Å². The number of phenols is 1. The minimum atomic E-state index is -0.402. The number of aromatic hydroxyl groups is 1. The van der Waals surface area contributed by atoms with Gasteiger partial charge in [0.15, 0.2) is 11.6 Å².